The first kappa shape index (κ1) is 18.3. The van der Waals surface area contributed by atoms with Gasteiger partial charge in [0, 0.05) is 18.8 Å². The lowest BCUT2D eigenvalue weighted by Crippen LogP contribution is -2.36. The lowest BCUT2D eigenvalue weighted by Gasteiger charge is -2.17. The van der Waals surface area contributed by atoms with Crippen molar-refractivity contribution >= 4 is 28.1 Å². The standard InChI is InChI=1S/C21H24N4O4/c1-12-14-6-2-3-7-15(14)17-18-19(29-20(17)24-12)21(27)25(11-23-18)10-16(26)22-9-13-5-4-8-28-13/h11,13H,2-10H2,1H3,(H,22,26)/t13-/m1/s1. The second-order valence-corrected chi connectivity index (χ2v) is 7.94. The highest BCUT2D eigenvalue weighted by atomic mass is 16.5. The van der Waals surface area contributed by atoms with Gasteiger partial charge in [-0.05, 0) is 56.6 Å². The quantitative estimate of drug-likeness (QED) is 0.724. The minimum absolute atomic E-state index is 0.0622. The highest BCUT2D eigenvalue weighted by Crippen LogP contribution is 2.34. The van der Waals surface area contributed by atoms with E-state index in [-0.39, 0.29) is 29.7 Å². The molecule has 8 nitrogen and oxygen atoms in total. The van der Waals surface area contributed by atoms with Gasteiger partial charge >= 0.3 is 0 Å². The molecule has 0 radical (unpaired) electrons. The molecule has 0 unspecified atom stereocenters. The van der Waals surface area contributed by atoms with Crippen LogP contribution in [0.2, 0.25) is 0 Å². The zero-order chi connectivity index (χ0) is 20.0. The number of nitrogens with one attached hydrogen (secondary N) is 1. The maximum atomic E-state index is 12.9. The second-order valence-electron chi connectivity index (χ2n) is 7.94. The number of pyridine rings is 1. The van der Waals surface area contributed by atoms with Gasteiger partial charge in [0.1, 0.15) is 12.1 Å². The molecule has 1 aliphatic heterocycles. The third-order valence-corrected chi connectivity index (χ3v) is 5.99. The van der Waals surface area contributed by atoms with Gasteiger partial charge in [0.15, 0.2) is 0 Å². The molecule has 0 saturated carbocycles. The van der Waals surface area contributed by atoms with E-state index in [1.54, 1.807) is 0 Å². The summed E-state index contributed by atoms with van der Waals surface area (Å²) in [5, 5.41) is 3.68. The first-order valence-corrected chi connectivity index (χ1v) is 10.3. The van der Waals surface area contributed by atoms with Crippen LogP contribution in [0.3, 0.4) is 0 Å². The summed E-state index contributed by atoms with van der Waals surface area (Å²) in [7, 11) is 0. The Balaban J connectivity index is 1.47. The molecule has 1 aliphatic carbocycles. The van der Waals surface area contributed by atoms with Crippen LogP contribution in [0.5, 0.6) is 0 Å². The third-order valence-electron chi connectivity index (χ3n) is 5.99. The van der Waals surface area contributed by atoms with Crippen LogP contribution < -0.4 is 10.9 Å². The minimum Gasteiger partial charge on any atom is -0.430 e. The van der Waals surface area contributed by atoms with Crippen LogP contribution in [-0.4, -0.2) is 39.7 Å². The van der Waals surface area contributed by atoms with Crippen LogP contribution in [-0.2, 0) is 28.9 Å². The zero-order valence-corrected chi connectivity index (χ0v) is 16.5. The van der Waals surface area contributed by atoms with Crippen molar-refractivity contribution in [3.63, 3.8) is 0 Å². The van der Waals surface area contributed by atoms with Crippen molar-refractivity contribution in [1.29, 1.82) is 0 Å². The summed E-state index contributed by atoms with van der Waals surface area (Å²) in [6.07, 6.45) is 7.66. The molecule has 1 N–H and O–H groups in total. The van der Waals surface area contributed by atoms with Crippen LogP contribution in [0.1, 0.15) is 42.5 Å². The van der Waals surface area contributed by atoms with Gasteiger partial charge in [0.2, 0.25) is 17.2 Å². The molecule has 1 fully saturated rings. The predicted octanol–water partition coefficient (Wildman–Crippen LogP) is 2.02. The molecule has 1 atom stereocenters. The van der Waals surface area contributed by atoms with Crippen molar-refractivity contribution in [3.8, 4) is 0 Å². The Hall–Kier alpha value is -2.74. The Kier molecular flexibility index (Phi) is 4.58. The molecule has 0 bridgehead atoms. The fraction of sp³-hybridized carbons (Fsp3) is 0.524. The maximum absolute atomic E-state index is 12.9. The van der Waals surface area contributed by atoms with Gasteiger partial charge in [0.05, 0.1) is 17.8 Å². The number of nitrogens with zero attached hydrogens (tertiary/aromatic N) is 3. The molecule has 152 valence electrons. The van der Waals surface area contributed by atoms with E-state index in [1.807, 2.05) is 6.92 Å². The lowest BCUT2D eigenvalue weighted by molar-refractivity contribution is -0.122. The third kappa shape index (κ3) is 3.21. The van der Waals surface area contributed by atoms with Gasteiger partial charge in [-0.3, -0.25) is 14.2 Å². The Morgan fingerprint density at radius 1 is 1.28 bits per heavy atom. The summed E-state index contributed by atoms with van der Waals surface area (Å²) in [6, 6.07) is 0. The van der Waals surface area contributed by atoms with Gasteiger partial charge in [0.25, 0.3) is 5.56 Å². The summed E-state index contributed by atoms with van der Waals surface area (Å²) in [5.41, 5.74) is 4.24. The fourth-order valence-electron chi connectivity index (χ4n) is 4.50. The number of aromatic nitrogens is 3. The normalized spacial score (nSPS) is 19.0. The van der Waals surface area contributed by atoms with Crippen molar-refractivity contribution in [2.45, 2.75) is 58.1 Å². The van der Waals surface area contributed by atoms with Crippen molar-refractivity contribution in [2.24, 2.45) is 0 Å². The predicted molar refractivity (Wildman–Crippen MR) is 107 cm³/mol. The van der Waals surface area contributed by atoms with Crippen LogP contribution in [0.15, 0.2) is 15.5 Å². The van der Waals surface area contributed by atoms with E-state index in [9.17, 15) is 9.59 Å². The topological polar surface area (TPSA) is 99.2 Å². The number of furan rings is 1. The van der Waals surface area contributed by atoms with E-state index in [2.05, 4.69) is 15.3 Å². The summed E-state index contributed by atoms with van der Waals surface area (Å²) < 4.78 is 12.6. The molecule has 5 rings (SSSR count). The van der Waals surface area contributed by atoms with Crippen LogP contribution in [0.4, 0.5) is 0 Å². The molecule has 1 amide bonds. The highest BCUT2D eigenvalue weighted by molar-refractivity contribution is 6.03. The Morgan fingerprint density at radius 2 is 2.10 bits per heavy atom. The second kappa shape index (κ2) is 7.26. The molecular formula is C21H24N4O4. The first-order valence-electron chi connectivity index (χ1n) is 10.3. The number of fused-ring (bicyclic) bond motifs is 5. The summed E-state index contributed by atoms with van der Waals surface area (Å²) >= 11 is 0. The Bertz CT molecular complexity index is 1160. The van der Waals surface area contributed by atoms with Crippen LogP contribution in [0.25, 0.3) is 22.2 Å². The van der Waals surface area contributed by atoms with Gasteiger partial charge in [-0.25, -0.2) is 9.97 Å². The summed E-state index contributed by atoms with van der Waals surface area (Å²) in [6.45, 7) is 3.09. The number of carbonyl (C=O) groups is 1. The van der Waals surface area contributed by atoms with E-state index in [4.69, 9.17) is 9.15 Å². The van der Waals surface area contributed by atoms with E-state index in [0.29, 0.717) is 17.8 Å². The van der Waals surface area contributed by atoms with Crippen LogP contribution >= 0.6 is 0 Å². The molecule has 0 spiro atoms. The number of amides is 1. The van der Waals surface area contributed by atoms with Gasteiger partial charge in [-0.15, -0.1) is 0 Å². The largest absolute Gasteiger partial charge is 0.430 e. The lowest BCUT2D eigenvalue weighted by atomic mass is 9.89. The van der Waals surface area contributed by atoms with Gasteiger partial charge in [-0.2, -0.15) is 0 Å². The van der Waals surface area contributed by atoms with Crippen molar-refractivity contribution in [1.82, 2.24) is 19.9 Å². The smallest absolute Gasteiger partial charge is 0.297 e. The first-order chi connectivity index (χ1) is 14.1. The van der Waals surface area contributed by atoms with E-state index < -0.39 is 0 Å². The maximum Gasteiger partial charge on any atom is 0.297 e. The average Bonchev–Trinajstić information content (AvgIpc) is 3.37. The number of hydrogen-bond acceptors (Lipinski definition) is 6. The molecule has 3 aromatic heterocycles. The molecule has 4 heterocycles. The van der Waals surface area contributed by atoms with E-state index in [0.717, 1.165) is 56.2 Å². The summed E-state index contributed by atoms with van der Waals surface area (Å²) in [4.78, 5) is 34.3. The Morgan fingerprint density at radius 3 is 2.90 bits per heavy atom. The molecule has 29 heavy (non-hydrogen) atoms. The monoisotopic (exact) mass is 396 g/mol. The van der Waals surface area contributed by atoms with E-state index >= 15 is 0 Å². The number of carbonyl (C=O) groups excluding carboxylic acids is 1. The number of rotatable bonds is 4. The van der Waals surface area contributed by atoms with Crippen molar-refractivity contribution < 1.29 is 13.9 Å². The van der Waals surface area contributed by atoms with Crippen molar-refractivity contribution in [3.05, 3.63) is 33.5 Å². The highest BCUT2D eigenvalue weighted by Gasteiger charge is 2.23. The molecule has 1 saturated heterocycles. The molecular weight excluding hydrogens is 372 g/mol. The van der Waals surface area contributed by atoms with Gasteiger partial charge < -0.3 is 14.5 Å². The summed E-state index contributed by atoms with van der Waals surface area (Å²) in [5.74, 6) is -0.244. The number of ether oxygens (including phenoxy) is 1. The number of hydrogen-bond donors (Lipinski definition) is 1. The number of aryl methyl sites for hydroxylation is 2. The molecule has 8 heteroatoms. The van der Waals surface area contributed by atoms with Crippen LogP contribution in [0, 0.1) is 6.92 Å². The minimum atomic E-state index is -0.359. The van der Waals surface area contributed by atoms with Gasteiger partial charge in [-0.1, -0.05) is 0 Å². The molecule has 0 aromatic carbocycles. The SMILES string of the molecule is Cc1nc2oc3c(=O)n(CC(=O)NC[C@H]4CCCO4)cnc3c2c2c1CCCC2. The molecule has 3 aromatic rings. The average molecular weight is 396 g/mol. The fourth-order valence-corrected chi connectivity index (χ4v) is 4.50. The van der Waals surface area contributed by atoms with Crippen molar-refractivity contribution in [2.75, 3.05) is 13.2 Å². The molecule has 2 aliphatic rings. The van der Waals surface area contributed by atoms with E-state index in [1.165, 1.54) is 22.0 Å². The Labute approximate surface area is 167 Å². The zero-order valence-electron chi connectivity index (χ0n) is 16.5.